The van der Waals surface area contributed by atoms with E-state index < -0.39 is 6.04 Å². The van der Waals surface area contributed by atoms with Crippen LogP contribution >= 0.6 is 27.5 Å². The van der Waals surface area contributed by atoms with Crippen LogP contribution in [0.25, 0.3) is 0 Å². The number of para-hydroxylation sites is 1. The molecule has 0 amide bonds. The third-order valence-electron chi connectivity index (χ3n) is 2.61. The van der Waals surface area contributed by atoms with Gasteiger partial charge in [0.15, 0.2) is 0 Å². The molecule has 2 rings (SSSR count). The SMILES string of the molecule is N#CC(Nc1ccc(Cl)c(Br)c1)c1ccccc1O. The van der Waals surface area contributed by atoms with Crippen molar-refractivity contribution in [3.8, 4) is 11.8 Å². The summed E-state index contributed by atoms with van der Waals surface area (Å²) in [5, 5.41) is 22.6. The minimum Gasteiger partial charge on any atom is -0.508 e. The third-order valence-corrected chi connectivity index (χ3v) is 3.82. The molecule has 5 heteroatoms. The van der Waals surface area contributed by atoms with Crippen molar-refractivity contribution in [3.05, 3.63) is 57.5 Å². The molecule has 96 valence electrons. The van der Waals surface area contributed by atoms with Gasteiger partial charge in [-0.05, 0) is 40.2 Å². The molecule has 0 spiro atoms. The van der Waals surface area contributed by atoms with Gasteiger partial charge in [0.25, 0.3) is 0 Å². The fourth-order valence-corrected chi connectivity index (χ4v) is 2.16. The summed E-state index contributed by atoms with van der Waals surface area (Å²) in [5.74, 6) is 0.0922. The van der Waals surface area contributed by atoms with Gasteiger partial charge < -0.3 is 10.4 Å². The number of benzene rings is 2. The van der Waals surface area contributed by atoms with Gasteiger partial charge in [-0.3, -0.25) is 0 Å². The van der Waals surface area contributed by atoms with Gasteiger partial charge in [0, 0.05) is 15.7 Å². The molecule has 0 saturated carbocycles. The molecule has 0 aliphatic carbocycles. The van der Waals surface area contributed by atoms with Crippen LogP contribution in [-0.2, 0) is 0 Å². The Bertz CT molecular complexity index is 640. The van der Waals surface area contributed by atoms with Crippen molar-refractivity contribution < 1.29 is 5.11 Å². The smallest absolute Gasteiger partial charge is 0.143 e. The summed E-state index contributed by atoms with van der Waals surface area (Å²) in [5.41, 5.74) is 1.28. The monoisotopic (exact) mass is 336 g/mol. The van der Waals surface area contributed by atoms with E-state index in [1.807, 2.05) is 0 Å². The van der Waals surface area contributed by atoms with E-state index in [0.717, 1.165) is 10.2 Å². The Morgan fingerprint density at radius 2 is 2.00 bits per heavy atom. The molecule has 1 atom stereocenters. The molecule has 2 N–H and O–H groups in total. The minimum atomic E-state index is -0.630. The van der Waals surface area contributed by atoms with Gasteiger partial charge in [0.1, 0.15) is 11.8 Å². The zero-order valence-corrected chi connectivity index (χ0v) is 12.1. The molecule has 0 heterocycles. The normalized spacial score (nSPS) is 11.6. The molecular weight excluding hydrogens is 328 g/mol. The number of phenolic OH excluding ortho intramolecular Hbond substituents is 1. The Kier molecular flexibility index (Phi) is 4.31. The molecule has 0 radical (unpaired) electrons. The lowest BCUT2D eigenvalue weighted by molar-refractivity contribution is 0.467. The van der Waals surface area contributed by atoms with Crippen LogP contribution in [0.3, 0.4) is 0 Å². The molecule has 0 fully saturated rings. The van der Waals surface area contributed by atoms with E-state index in [1.54, 1.807) is 42.5 Å². The first-order chi connectivity index (χ1) is 9.11. The van der Waals surface area contributed by atoms with Crippen LogP contribution in [0, 0.1) is 11.3 Å². The van der Waals surface area contributed by atoms with Gasteiger partial charge in [0.05, 0.1) is 11.1 Å². The standard InChI is InChI=1S/C14H10BrClN2O/c15-11-7-9(5-6-12(11)16)18-13(8-17)10-3-1-2-4-14(10)19/h1-7,13,18-19H. The number of halogens is 2. The first-order valence-electron chi connectivity index (χ1n) is 5.51. The molecule has 2 aromatic rings. The lowest BCUT2D eigenvalue weighted by atomic mass is 10.1. The summed E-state index contributed by atoms with van der Waals surface area (Å²) in [6.07, 6.45) is 0. The quantitative estimate of drug-likeness (QED) is 0.868. The van der Waals surface area contributed by atoms with Gasteiger partial charge in [-0.25, -0.2) is 0 Å². The number of anilines is 1. The zero-order valence-electron chi connectivity index (χ0n) is 9.77. The molecule has 3 nitrogen and oxygen atoms in total. The molecule has 1 unspecified atom stereocenters. The van der Waals surface area contributed by atoms with Crippen molar-refractivity contribution in [1.29, 1.82) is 5.26 Å². The Morgan fingerprint density at radius 1 is 1.26 bits per heavy atom. The van der Waals surface area contributed by atoms with E-state index in [0.29, 0.717) is 10.6 Å². The zero-order chi connectivity index (χ0) is 13.8. The van der Waals surface area contributed by atoms with Gasteiger partial charge >= 0.3 is 0 Å². The second-order valence-electron chi connectivity index (χ2n) is 3.89. The molecule has 0 aliphatic heterocycles. The van der Waals surface area contributed by atoms with E-state index >= 15 is 0 Å². The van der Waals surface area contributed by atoms with Crippen molar-refractivity contribution >= 4 is 33.2 Å². The van der Waals surface area contributed by atoms with Crippen LogP contribution < -0.4 is 5.32 Å². The Balaban J connectivity index is 2.27. The lowest BCUT2D eigenvalue weighted by Gasteiger charge is -2.15. The van der Waals surface area contributed by atoms with E-state index in [4.69, 9.17) is 11.6 Å². The number of hydrogen-bond donors (Lipinski definition) is 2. The van der Waals surface area contributed by atoms with Crippen molar-refractivity contribution in [2.75, 3.05) is 5.32 Å². The summed E-state index contributed by atoms with van der Waals surface area (Å²) < 4.78 is 0.744. The van der Waals surface area contributed by atoms with Crippen LogP contribution in [0.5, 0.6) is 5.75 Å². The molecule has 2 aromatic carbocycles. The van der Waals surface area contributed by atoms with Gasteiger partial charge in [-0.15, -0.1) is 0 Å². The average molecular weight is 338 g/mol. The summed E-state index contributed by atoms with van der Waals surface area (Å²) in [7, 11) is 0. The second kappa shape index (κ2) is 5.96. The van der Waals surface area contributed by atoms with Gasteiger partial charge in [0.2, 0.25) is 0 Å². The first kappa shape index (κ1) is 13.7. The van der Waals surface area contributed by atoms with E-state index in [2.05, 4.69) is 27.3 Å². The van der Waals surface area contributed by atoms with E-state index in [9.17, 15) is 10.4 Å². The summed E-state index contributed by atoms with van der Waals surface area (Å²) >= 11 is 9.24. The molecule has 0 saturated heterocycles. The molecule has 0 bridgehead atoms. The summed E-state index contributed by atoms with van der Waals surface area (Å²) in [4.78, 5) is 0. The summed E-state index contributed by atoms with van der Waals surface area (Å²) in [6, 6.07) is 13.5. The molecule has 0 aromatic heterocycles. The number of hydrogen-bond acceptors (Lipinski definition) is 3. The van der Waals surface area contributed by atoms with Crippen LogP contribution in [0.1, 0.15) is 11.6 Å². The van der Waals surface area contributed by atoms with Crippen LogP contribution in [0.4, 0.5) is 5.69 Å². The van der Waals surface area contributed by atoms with E-state index in [-0.39, 0.29) is 5.75 Å². The number of rotatable bonds is 3. The Labute approximate surface area is 124 Å². The Morgan fingerprint density at radius 3 is 2.63 bits per heavy atom. The van der Waals surface area contributed by atoms with E-state index in [1.165, 1.54) is 0 Å². The highest BCUT2D eigenvalue weighted by molar-refractivity contribution is 9.10. The predicted molar refractivity (Wildman–Crippen MR) is 79.2 cm³/mol. The lowest BCUT2D eigenvalue weighted by Crippen LogP contribution is -2.08. The maximum absolute atomic E-state index is 9.77. The first-order valence-corrected chi connectivity index (χ1v) is 6.68. The maximum atomic E-state index is 9.77. The van der Waals surface area contributed by atoms with Crippen molar-refractivity contribution in [2.45, 2.75) is 6.04 Å². The second-order valence-corrected chi connectivity index (χ2v) is 5.16. The minimum absolute atomic E-state index is 0.0922. The van der Waals surface area contributed by atoms with Gasteiger partial charge in [-0.2, -0.15) is 5.26 Å². The van der Waals surface area contributed by atoms with Crippen molar-refractivity contribution in [3.63, 3.8) is 0 Å². The van der Waals surface area contributed by atoms with Crippen molar-refractivity contribution in [2.24, 2.45) is 0 Å². The highest BCUT2D eigenvalue weighted by Crippen LogP contribution is 2.30. The molecular formula is C14H10BrClN2O. The van der Waals surface area contributed by atoms with Crippen LogP contribution in [0.15, 0.2) is 46.9 Å². The maximum Gasteiger partial charge on any atom is 0.143 e. The van der Waals surface area contributed by atoms with Crippen molar-refractivity contribution in [1.82, 2.24) is 0 Å². The summed E-state index contributed by atoms with van der Waals surface area (Å²) in [6.45, 7) is 0. The van der Waals surface area contributed by atoms with Crippen LogP contribution in [-0.4, -0.2) is 5.11 Å². The number of nitrogens with one attached hydrogen (secondary N) is 1. The largest absolute Gasteiger partial charge is 0.508 e. The van der Waals surface area contributed by atoms with Crippen LogP contribution in [0.2, 0.25) is 5.02 Å². The highest BCUT2D eigenvalue weighted by atomic mass is 79.9. The highest BCUT2D eigenvalue weighted by Gasteiger charge is 2.14. The number of phenols is 1. The predicted octanol–water partition coefficient (Wildman–Crippen LogP) is 4.48. The topological polar surface area (TPSA) is 56.0 Å². The Hall–Kier alpha value is -1.70. The number of aromatic hydroxyl groups is 1. The number of nitrogens with zero attached hydrogens (tertiary/aromatic N) is 1. The molecule has 0 aliphatic rings. The third kappa shape index (κ3) is 3.19. The average Bonchev–Trinajstić information content (AvgIpc) is 2.41. The fraction of sp³-hybridized carbons (Fsp3) is 0.0714. The molecule has 19 heavy (non-hydrogen) atoms. The van der Waals surface area contributed by atoms with Gasteiger partial charge in [-0.1, -0.05) is 29.8 Å². The number of nitriles is 1. The fourth-order valence-electron chi connectivity index (χ4n) is 1.66.